The Hall–Kier alpha value is -5.24. The van der Waals surface area contributed by atoms with Gasteiger partial charge in [0.2, 0.25) is 6.10 Å². The smallest absolute Gasteiger partial charge is 0.407 e. The lowest BCUT2D eigenvalue weighted by atomic mass is 10.1. The number of hydroxylamine groups is 2. The van der Waals surface area contributed by atoms with Crippen LogP contribution < -0.4 is 15.4 Å². The van der Waals surface area contributed by atoms with Crippen LogP contribution in [0.25, 0.3) is 0 Å². The van der Waals surface area contributed by atoms with Gasteiger partial charge in [-0.1, -0.05) is 12.1 Å². The molecule has 14 heteroatoms. The van der Waals surface area contributed by atoms with Crippen LogP contribution in [0.15, 0.2) is 60.9 Å². The fraction of sp³-hybridized carbons (Fsp3) is 0.310. The summed E-state index contributed by atoms with van der Waals surface area (Å²) in [5.41, 5.74) is 0.439. The highest BCUT2D eigenvalue weighted by Crippen LogP contribution is 2.24. The number of carboxylic acids is 1. The number of fused-ring (bicyclic) bond motifs is 1. The molecule has 0 saturated heterocycles. The van der Waals surface area contributed by atoms with Crippen LogP contribution in [-0.4, -0.2) is 74.6 Å². The van der Waals surface area contributed by atoms with Gasteiger partial charge >= 0.3 is 12.1 Å². The molecule has 43 heavy (non-hydrogen) atoms. The van der Waals surface area contributed by atoms with Gasteiger partial charge in [-0.25, -0.2) is 14.4 Å². The van der Waals surface area contributed by atoms with Gasteiger partial charge in [0.05, 0.1) is 23.0 Å². The maximum absolute atomic E-state index is 12.7. The Balaban J connectivity index is 1.23. The minimum Gasteiger partial charge on any atom is -0.490 e. The van der Waals surface area contributed by atoms with Crippen molar-refractivity contribution in [2.45, 2.75) is 45.4 Å². The molecule has 0 saturated carbocycles. The Kier molecular flexibility index (Phi) is 9.40. The van der Waals surface area contributed by atoms with Crippen molar-refractivity contribution >= 4 is 35.5 Å². The summed E-state index contributed by atoms with van der Waals surface area (Å²) < 4.78 is 12.3. The predicted octanol–water partition coefficient (Wildman–Crippen LogP) is 3.11. The van der Waals surface area contributed by atoms with Crippen LogP contribution in [0.3, 0.4) is 0 Å². The number of ether oxygens (including phenoxy) is 2. The highest BCUT2D eigenvalue weighted by molar-refractivity contribution is 6.20. The number of imide groups is 1. The summed E-state index contributed by atoms with van der Waals surface area (Å²) in [6.45, 7) is 5.74. The lowest BCUT2D eigenvalue weighted by Gasteiger charge is -2.19. The normalized spacial score (nSPS) is 13.3. The van der Waals surface area contributed by atoms with Crippen molar-refractivity contribution in [2.24, 2.45) is 0 Å². The van der Waals surface area contributed by atoms with Crippen molar-refractivity contribution in [1.29, 1.82) is 0 Å². The van der Waals surface area contributed by atoms with Crippen molar-refractivity contribution in [2.75, 3.05) is 18.5 Å². The first-order valence-corrected chi connectivity index (χ1v) is 13.3. The second-order valence-electron chi connectivity index (χ2n) is 10.4. The summed E-state index contributed by atoms with van der Waals surface area (Å²) in [6, 6.07) is 12.0. The first-order chi connectivity index (χ1) is 20.4. The molecule has 3 aromatic rings. The topological polar surface area (TPSA) is 178 Å². The lowest BCUT2D eigenvalue weighted by molar-refractivity contribution is -0.178. The molecule has 0 unspecified atom stereocenters. The van der Waals surface area contributed by atoms with Gasteiger partial charge in [0.1, 0.15) is 18.0 Å². The van der Waals surface area contributed by atoms with E-state index in [1.165, 1.54) is 42.6 Å². The van der Waals surface area contributed by atoms with Gasteiger partial charge in [-0.2, -0.15) is 5.10 Å². The van der Waals surface area contributed by atoms with Crippen molar-refractivity contribution in [3.05, 3.63) is 77.6 Å². The summed E-state index contributed by atoms with van der Waals surface area (Å²) in [4.78, 5) is 66.3. The fourth-order valence-electron chi connectivity index (χ4n) is 3.91. The largest absolute Gasteiger partial charge is 0.490 e. The van der Waals surface area contributed by atoms with Gasteiger partial charge < -0.3 is 25.2 Å². The van der Waals surface area contributed by atoms with Crippen LogP contribution in [0.4, 0.5) is 10.5 Å². The minimum atomic E-state index is -1.66. The lowest BCUT2D eigenvalue weighted by Crippen LogP contribution is -2.41. The molecule has 2 heterocycles. The number of carboxylic acid groups (broad SMARTS) is 1. The van der Waals surface area contributed by atoms with Gasteiger partial charge in [0, 0.05) is 24.8 Å². The average Bonchev–Trinajstić information content (AvgIpc) is 3.50. The Morgan fingerprint density at radius 1 is 1.00 bits per heavy atom. The number of anilines is 1. The van der Waals surface area contributed by atoms with Crippen molar-refractivity contribution in [1.82, 2.24) is 20.2 Å². The Morgan fingerprint density at radius 2 is 1.65 bits per heavy atom. The summed E-state index contributed by atoms with van der Waals surface area (Å²) in [5, 5.41) is 19.6. The Labute approximate surface area is 246 Å². The molecule has 0 bridgehead atoms. The van der Waals surface area contributed by atoms with Crippen LogP contribution in [0, 0.1) is 0 Å². The zero-order chi connectivity index (χ0) is 31.1. The van der Waals surface area contributed by atoms with E-state index in [1.54, 1.807) is 43.8 Å². The predicted molar refractivity (Wildman–Crippen MR) is 150 cm³/mol. The molecular weight excluding hydrogens is 562 g/mol. The standard InChI is InChI=1S/C29H31N5O9/c1-29(2,3)42-28(40)30-13-6-14-33-16-19(15-31-33)32-24(35)18-9-11-20(12-10-18)41-17-23(27(38)39)43-34-25(36)21-7-4-5-8-22(21)26(34)37/h4-5,7-12,15-16,23H,6,13-14,17H2,1-3H3,(H,30,40)(H,32,35)(H,38,39)/t23-/m0/s1. The molecule has 1 aliphatic heterocycles. The van der Waals surface area contributed by atoms with Crippen LogP contribution in [0.1, 0.15) is 58.3 Å². The summed E-state index contributed by atoms with van der Waals surface area (Å²) in [7, 11) is 0. The van der Waals surface area contributed by atoms with E-state index < -0.39 is 48.1 Å². The summed E-state index contributed by atoms with van der Waals surface area (Å²) in [5.74, 6) is -3.13. The molecule has 14 nitrogen and oxygen atoms in total. The fourth-order valence-corrected chi connectivity index (χ4v) is 3.91. The third-order valence-electron chi connectivity index (χ3n) is 5.91. The molecule has 1 aromatic heterocycles. The van der Waals surface area contributed by atoms with Crippen molar-refractivity contribution in [3.8, 4) is 5.75 Å². The van der Waals surface area contributed by atoms with E-state index in [0.717, 1.165) is 0 Å². The minimum absolute atomic E-state index is 0.117. The van der Waals surface area contributed by atoms with Gasteiger partial charge in [0.25, 0.3) is 17.7 Å². The SMILES string of the molecule is CC(C)(C)OC(=O)NCCCn1cc(NC(=O)c2ccc(OC[C@H](ON3C(=O)c4ccccc4C3=O)C(=O)O)cc2)cn1. The number of nitrogens with zero attached hydrogens (tertiary/aromatic N) is 3. The molecule has 2 aromatic carbocycles. The molecule has 226 valence electrons. The Morgan fingerprint density at radius 3 is 2.26 bits per heavy atom. The average molecular weight is 594 g/mol. The number of benzene rings is 2. The maximum atomic E-state index is 12.7. The van der Waals surface area contributed by atoms with Crippen molar-refractivity contribution < 1.29 is 43.4 Å². The van der Waals surface area contributed by atoms with Gasteiger partial charge in [-0.15, -0.1) is 5.06 Å². The van der Waals surface area contributed by atoms with E-state index in [0.29, 0.717) is 35.8 Å². The highest BCUT2D eigenvalue weighted by Gasteiger charge is 2.39. The molecule has 0 fully saturated rings. The molecule has 0 aliphatic carbocycles. The molecule has 1 atom stereocenters. The number of rotatable bonds is 12. The van der Waals surface area contributed by atoms with E-state index >= 15 is 0 Å². The Bertz CT molecular complexity index is 1480. The number of nitrogens with one attached hydrogen (secondary N) is 2. The number of aryl methyl sites for hydroxylation is 1. The molecule has 1 aliphatic rings. The van der Waals surface area contributed by atoms with Crippen LogP contribution >= 0.6 is 0 Å². The number of amides is 4. The second-order valence-corrected chi connectivity index (χ2v) is 10.4. The molecular formula is C29H31N5O9. The molecule has 3 N–H and O–H groups in total. The zero-order valence-electron chi connectivity index (χ0n) is 23.7. The number of carbonyl (C=O) groups is 5. The summed E-state index contributed by atoms with van der Waals surface area (Å²) >= 11 is 0. The first kappa shape index (κ1) is 30.7. The number of hydrogen-bond acceptors (Lipinski definition) is 9. The second kappa shape index (κ2) is 13.2. The third kappa shape index (κ3) is 8.16. The van der Waals surface area contributed by atoms with Crippen molar-refractivity contribution in [3.63, 3.8) is 0 Å². The van der Waals surface area contributed by atoms with E-state index in [9.17, 15) is 29.1 Å². The van der Waals surface area contributed by atoms with E-state index in [4.69, 9.17) is 14.3 Å². The maximum Gasteiger partial charge on any atom is 0.407 e. The molecule has 4 rings (SSSR count). The number of carbonyl (C=O) groups excluding carboxylic acids is 4. The first-order valence-electron chi connectivity index (χ1n) is 13.3. The van der Waals surface area contributed by atoms with Gasteiger partial charge in [0.15, 0.2) is 0 Å². The summed E-state index contributed by atoms with van der Waals surface area (Å²) in [6.07, 6.45) is 1.60. The van der Waals surface area contributed by atoms with Crippen LogP contribution in [0.5, 0.6) is 5.75 Å². The zero-order valence-corrected chi connectivity index (χ0v) is 23.7. The molecule has 0 spiro atoms. The quantitative estimate of drug-likeness (QED) is 0.209. The van der Waals surface area contributed by atoms with Gasteiger partial charge in [-0.3, -0.25) is 19.1 Å². The van der Waals surface area contributed by atoms with E-state index in [-0.39, 0.29) is 16.9 Å². The van der Waals surface area contributed by atoms with Gasteiger partial charge in [-0.05, 0) is 63.6 Å². The van der Waals surface area contributed by atoms with Crippen LogP contribution in [0.2, 0.25) is 0 Å². The molecule has 0 radical (unpaired) electrons. The monoisotopic (exact) mass is 593 g/mol. The van der Waals surface area contributed by atoms with E-state index in [1.807, 2.05) is 0 Å². The number of aromatic nitrogens is 2. The number of aliphatic carboxylic acids is 1. The van der Waals surface area contributed by atoms with E-state index in [2.05, 4.69) is 15.7 Å². The number of alkyl carbamates (subject to hydrolysis) is 1. The highest BCUT2D eigenvalue weighted by atomic mass is 16.7. The number of hydrogen-bond donors (Lipinski definition) is 3. The van der Waals surface area contributed by atoms with Crippen LogP contribution in [-0.2, 0) is 20.9 Å². The third-order valence-corrected chi connectivity index (χ3v) is 5.91. The molecule has 4 amide bonds.